The zero-order valence-corrected chi connectivity index (χ0v) is 12.8. The number of hydrogen-bond donors (Lipinski definition) is 2. The van der Waals surface area contributed by atoms with Gasteiger partial charge in [-0.25, -0.2) is 4.39 Å². The van der Waals surface area contributed by atoms with Crippen molar-refractivity contribution in [2.45, 2.75) is 19.4 Å². The number of carbonyl (C=O) groups is 1. The van der Waals surface area contributed by atoms with Crippen molar-refractivity contribution in [3.05, 3.63) is 24.0 Å². The monoisotopic (exact) mass is 294 g/mol. The van der Waals surface area contributed by atoms with Crippen LogP contribution in [0.3, 0.4) is 0 Å². The number of nitrogens with two attached hydrogens (primary N) is 1. The predicted octanol–water partition coefficient (Wildman–Crippen LogP) is 1.37. The molecule has 0 bridgehead atoms. The molecule has 2 rings (SSSR count). The summed E-state index contributed by atoms with van der Waals surface area (Å²) in [7, 11) is 2.09. The average molecular weight is 294 g/mol. The predicted molar refractivity (Wildman–Crippen MR) is 82.6 cm³/mol. The van der Waals surface area contributed by atoms with Crippen LogP contribution in [0.15, 0.2) is 18.2 Å². The van der Waals surface area contributed by atoms with Crippen LogP contribution in [-0.4, -0.2) is 54.5 Å². The summed E-state index contributed by atoms with van der Waals surface area (Å²) < 4.78 is 13.0. The van der Waals surface area contributed by atoms with Crippen molar-refractivity contribution in [1.82, 2.24) is 9.80 Å². The van der Waals surface area contributed by atoms with Crippen LogP contribution in [0.4, 0.5) is 15.8 Å². The van der Waals surface area contributed by atoms with Gasteiger partial charge in [0, 0.05) is 25.2 Å². The molecule has 0 saturated carbocycles. The maximum atomic E-state index is 13.0. The van der Waals surface area contributed by atoms with Crippen LogP contribution in [0.1, 0.15) is 13.8 Å². The molecule has 1 heterocycles. The molecule has 0 spiro atoms. The Morgan fingerprint density at radius 2 is 2.14 bits per heavy atom. The molecule has 6 heteroatoms. The van der Waals surface area contributed by atoms with E-state index >= 15 is 0 Å². The number of carbonyl (C=O) groups excluding carboxylic acids is 1. The molecule has 21 heavy (non-hydrogen) atoms. The van der Waals surface area contributed by atoms with Crippen molar-refractivity contribution in [1.29, 1.82) is 0 Å². The average Bonchev–Trinajstić information content (AvgIpc) is 2.37. The molecule has 116 valence electrons. The highest BCUT2D eigenvalue weighted by Crippen LogP contribution is 2.20. The first-order valence-electron chi connectivity index (χ1n) is 7.06. The van der Waals surface area contributed by atoms with Crippen molar-refractivity contribution >= 4 is 17.3 Å². The lowest BCUT2D eigenvalue weighted by atomic mass is 10.00. The third-order valence-electron chi connectivity index (χ3n) is 4.05. The van der Waals surface area contributed by atoms with Crippen LogP contribution in [0, 0.1) is 5.82 Å². The summed E-state index contributed by atoms with van der Waals surface area (Å²) in [6.45, 7) is 7.25. The number of rotatable bonds is 3. The number of nitrogens with zero attached hydrogens (tertiary/aromatic N) is 2. The fourth-order valence-electron chi connectivity index (χ4n) is 2.52. The highest BCUT2D eigenvalue weighted by Gasteiger charge is 2.31. The summed E-state index contributed by atoms with van der Waals surface area (Å²) in [6, 6.07) is 3.97. The molecule has 3 N–H and O–H groups in total. The van der Waals surface area contributed by atoms with E-state index in [0.29, 0.717) is 12.2 Å². The molecule has 5 nitrogen and oxygen atoms in total. The number of hydrogen-bond acceptors (Lipinski definition) is 4. The van der Waals surface area contributed by atoms with Crippen LogP contribution in [0.25, 0.3) is 0 Å². The van der Waals surface area contributed by atoms with Crippen LogP contribution < -0.4 is 11.1 Å². The molecular formula is C15H23FN4O. The number of halogens is 1. The Hall–Kier alpha value is -1.66. The summed E-state index contributed by atoms with van der Waals surface area (Å²) in [4.78, 5) is 16.5. The highest BCUT2D eigenvalue weighted by atomic mass is 19.1. The van der Waals surface area contributed by atoms with Gasteiger partial charge in [-0.2, -0.15) is 0 Å². The second-order valence-electron chi connectivity index (χ2n) is 6.22. The summed E-state index contributed by atoms with van der Waals surface area (Å²) in [5.41, 5.74) is 6.43. The van der Waals surface area contributed by atoms with Crippen molar-refractivity contribution in [2.75, 3.05) is 44.3 Å². The number of likely N-dealkylation sites (N-methyl/N-ethyl adjacent to an activating group) is 1. The van der Waals surface area contributed by atoms with E-state index in [2.05, 4.69) is 36.0 Å². The van der Waals surface area contributed by atoms with Crippen molar-refractivity contribution in [3.63, 3.8) is 0 Å². The smallest absolute Gasteiger partial charge is 0.238 e. The molecule has 1 fully saturated rings. The molecule has 0 atom stereocenters. The first kappa shape index (κ1) is 15.7. The van der Waals surface area contributed by atoms with E-state index in [9.17, 15) is 9.18 Å². The third kappa shape index (κ3) is 3.92. The summed E-state index contributed by atoms with van der Waals surface area (Å²) >= 11 is 0. The summed E-state index contributed by atoms with van der Waals surface area (Å²) in [5, 5.41) is 2.74. The zero-order chi connectivity index (χ0) is 15.6. The Balaban J connectivity index is 1.93. The van der Waals surface area contributed by atoms with Gasteiger partial charge in [-0.3, -0.25) is 14.6 Å². The Kier molecular flexibility index (Phi) is 4.49. The molecular weight excluding hydrogens is 271 g/mol. The van der Waals surface area contributed by atoms with Gasteiger partial charge < -0.3 is 11.1 Å². The molecule has 1 aliphatic heterocycles. The first-order chi connectivity index (χ1) is 9.78. The topological polar surface area (TPSA) is 61.6 Å². The summed E-state index contributed by atoms with van der Waals surface area (Å²) in [6.07, 6.45) is 0. The van der Waals surface area contributed by atoms with E-state index in [1.165, 1.54) is 18.2 Å². The molecule has 1 aliphatic rings. The van der Waals surface area contributed by atoms with Crippen molar-refractivity contribution in [2.24, 2.45) is 0 Å². The number of nitrogens with one attached hydrogen (secondary N) is 1. The fourth-order valence-corrected chi connectivity index (χ4v) is 2.52. The fraction of sp³-hybridized carbons (Fsp3) is 0.533. The maximum absolute atomic E-state index is 13.0. The van der Waals surface area contributed by atoms with E-state index in [-0.39, 0.29) is 17.1 Å². The second kappa shape index (κ2) is 5.99. The maximum Gasteiger partial charge on any atom is 0.238 e. The lowest BCUT2D eigenvalue weighted by Gasteiger charge is -2.45. The number of anilines is 2. The van der Waals surface area contributed by atoms with E-state index in [4.69, 9.17) is 5.73 Å². The molecule has 0 aromatic heterocycles. The van der Waals surface area contributed by atoms with Gasteiger partial charge in [0.2, 0.25) is 5.91 Å². The molecule has 1 saturated heterocycles. The van der Waals surface area contributed by atoms with Crippen molar-refractivity contribution in [3.8, 4) is 0 Å². The number of benzene rings is 1. The lowest BCUT2D eigenvalue weighted by molar-refractivity contribution is -0.118. The van der Waals surface area contributed by atoms with Gasteiger partial charge in [-0.15, -0.1) is 0 Å². The van der Waals surface area contributed by atoms with Crippen LogP contribution in [-0.2, 0) is 4.79 Å². The zero-order valence-electron chi connectivity index (χ0n) is 12.8. The molecule has 0 unspecified atom stereocenters. The van der Waals surface area contributed by atoms with Gasteiger partial charge in [-0.05, 0) is 39.1 Å². The number of piperazine rings is 1. The number of amides is 1. The van der Waals surface area contributed by atoms with Crippen LogP contribution in [0.5, 0.6) is 0 Å². The Bertz CT molecular complexity index is 532. The second-order valence-corrected chi connectivity index (χ2v) is 6.22. The van der Waals surface area contributed by atoms with Gasteiger partial charge >= 0.3 is 0 Å². The van der Waals surface area contributed by atoms with Crippen LogP contribution >= 0.6 is 0 Å². The SMILES string of the molecule is CN1CCN(CC(=O)Nc2ccc(F)cc2N)CC1(C)C. The molecule has 0 radical (unpaired) electrons. The minimum Gasteiger partial charge on any atom is -0.397 e. The number of nitrogen functional groups attached to an aromatic ring is 1. The Morgan fingerprint density at radius 3 is 2.76 bits per heavy atom. The first-order valence-corrected chi connectivity index (χ1v) is 7.06. The van der Waals surface area contributed by atoms with E-state index in [0.717, 1.165) is 19.6 Å². The van der Waals surface area contributed by atoms with Gasteiger partial charge in [0.1, 0.15) is 5.82 Å². The molecule has 1 aromatic carbocycles. The Morgan fingerprint density at radius 1 is 1.43 bits per heavy atom. The van der Waals surface area contributed by atoms with Gasteiger partial charge in [0.25, 0.3) is 0 Å². The standard InChI is InChI=1S/C15H23FN4O/c1-15(2)10-20(7-6-19(15)3)9-14(21)18-13-5-4-11(16)8-12(13)17/h4-5,8H,6-7,9-10,17H2,1-3H3,(H,18,21). The minimum atomic E-state index is -0.411. The van der Waals surface area contributed by atoms with E-state index in [1.807, 2.05) is 0 Å². The largest absolute Gasteiger partial charge is 0.397 e. The highest BCUT2D eigenvalue weighted by molar-refractivity contribution is 5.95. The minimum absolute atomic E-state index is 0.0490. The lowest BCUT2D eigenvalue weighted by Crippen LogP contribution is -2.58. The normalized spacial score (nSPS) is 19.4. The quantitative estimate of drug-likeness (QED) is 0.827. The van der Waals surface area contributed by atoms with E-state index < -0.39 is 5.82 Å². The van der Waals surface area contributed by atoms with Gasteiger partial charge in [-0.1, -0.05) is 0 Å². The van der Waals surface area contributed by atoms with Crippen LogP contribution in [0.2, 0.25) is 0 Å². The third-order valence-corrected chi connectivity index (χ3v) is 4.05. The van der Waals surface area contributed by atoms with Gasteiger partial charge in [0.05, 0.1) is 17.9 Å². The van der Waals surface area contributed by atoms with Crippen molar-refractivity contribution < 1.29 is 9.18 Å². The molecule has 1 amide bonds. The molecule has 1 aromatic rings. The van der Waals surface area contributed by atoms with E-state index in [1.54, 1.807) is 0 Å². The Labute approximate surface area is 124 Å². The molecule has 0 aliphatic carbocycles. The summed E-state index contributed by atoms with van der Waals surface area (Å²) in [5.74, 6) is -0.542. The van der Waals surface area contributed by atoms with Gasteiger partial charge in [0.15, 0.2) is 0 Å².